The topological polar surface area (TPSA) is 75.7 Å². The SMILES string of the molecule is CSCC[C@@H](C(=O)NOC(C)(C)C)N(CC(C)C)S(=O)(=O)c1ccc(-c2ccccc2)cc1. The van der Waals surface area contributed by atoms with Crippen LogP contribution in [0.4, 0.5) is 0 Å². The van der Waals surface area contributed by atoms with E-state index in [-0.39, 0.29) is 17.4 Å². The minimum absolute atomic E-state index is 0.0384. The Morgan fingerprint density at radius 2 is 1.61 bits per heavy atom. The van der Waals surface area contributed by atoms with E-state index in [0.29, 0.717) is 12.2 Å². The summed E-state index contributed by atoms with van der Waals surface area (Å²) in [7, 11) is -3.92. The van der Waals surface area contributed by atoms with Gasteiger partial charge in [0.25, 0.3) is 5.91 Å². The number of nitrogens with one attached hydrogen (secondary N) is 1. The molecular formula is C25H36N2O4S2. The predicted octanol–water partition coefficient (Wildman–Crippen LogP) is 4.97. The fourth-order valence-electron chi connectivity index (χ4n) is 3.24. The molecule has 1 amide bonds. The molecule has 6 nitrogen and oxygen atoms in total. The van der Waals surface area contributed by atoms with E-state index in [1.54, 1.807) is 36.0 Å². The minimum atomic E-state index is -3.92. The van der Waals surface area contributed by atoms with Crippen LogP contribution in [0, 0.1) is 5.92 Å². The van der Waals surface area contributed by atoms with Crippen molar-refractivity contribution >= 4 is 27.7 Å². The number of amides is 1. The van der Waals surface area contributed by atoms with Crippen LogP contribution in [0.2, 0.25) is 0 Å². The van der Waals surface area contributed by atoms with Crippen LogP contribution in [-0.2, 0) is 19.7 Å². The van der Waals surface area contributed by atoms with Crippen LogP contribution >= 0.6 is 11.8 Å². The van der Waals surface area contributed by atoms with Crippen LogP contribution in [0.5, 0.6) is 0 Å². The average Bonchev–Trinajstić information content (AvgIpc) is 2.77. The number of carbonyl (C=O) groups is 1. The molecule has 2 aromatic rings. The minimum Gasteiger partial charge on any atom is -0.271 e. The van der Waals surface area contributed by atoms with Gasteiger partial charge >= 0.3 is 0 Å². The van der Waals surface area contributed by atoms with Crippen LogP contribution in [0.3, 0.4) is 0 Å². The maximum absolute atomic E-state index is 13.7. The average molecular weight is 493 g/mol. The molecule has 2 rings (SSSR count). The van der Waals surface area contributed by atoms with Crippen molar-refractivity contribution in [1.29, 1.82) is 0 Å². The molecule has 0 saturated carbocycles. The number of hydrogen-bond donors (Lipinski definition) is 1. The van der Waals surface area contributed by atoms with Gasteiger partial charge in [0.15, 0.2) is 0 Å². The summed E-state index contributed by atoms with van der Waals surface area (Å²) in [6, 6.07) is 15.7. The Bertz CT molecular complexity index is 985. The lowest BCUT2D eigenvalue weighted by atomic mass is 10.1. The third-order valence-electron chi connectivity index (χ3n) is 4.82. The van der Waals surface area contributed by atoms with E-state index in [2.05, 4.69) is 5.48 Å². The van der Waals surface area contributed by atoms with Crippen molar-refractivity contribution in [2.75, 3.05) is 18.6 Å². The third-order valence-corrected chi connectivity index (χ3v) is 7.35. The molecule has 1 N–H and O–H groups in total. The number of rotatable bonds is 11. The molecule has 33 heavy (non-hydrogen) atoms. The molecule has 0 heterocycles. The van der Waals surface area contributed by atoms with Crippen molar-refractivity contribution in [3.63, 3.8) is 0 Å². The summed E-state index contributed by atoms with van der Waals surface area (Å²) < 4.78 is 28.8. The third kappa shape index (κ3) is 8.14. The first-order chi connectivity index (χ1) is 15.5. The van der Waals surface area contributed by atoms with E-state index in [0.717, 1.165) is 11.1 Å². The lowest BCUT2D eigenvalue weighted by Crippen LogP contribution is -2.52. The maximum Gasteiger partial charge on any atom is 0.262 e. The van der Waals surface area contributed by atoms with Gasteiger partial charge in [-0.1, -0.05) is 56.3 Å². The van der Waals surface area contributed by atoms with Gasteiger partial charge in [-0.25, -0.2) is 13.9 Å². The molecule has 0 radical (unpaired) electrons. The lowest BCUT2D eigenvalue weighted by molar-refractivity contribution is -0.149. The Morgan fingerprint density at radius 1 is 1.03 bits per heavy atom. The van der Waals surface area contributed by atoms with Crippen molar-refractivity contribution in [3.05, 3.63) is 54.6 Å². The summed E-state index contributed by atoms with van der Waals surface area (Å²) in [6.07, 6.45) is 2.32. The van der Waals surface area contributed by atoms with Crippen LogP contribution in [0.15, 0.2) is 59.5 Å². The van der Waals surface area contributed by atoms with Crippen molar-refractivity contribution in [1.82, 2.24) is 9.79 Å². The lowest BCUT2D eigenvalue weighted by Gasteiger charge is -2.32. The predicted molar refractivity (Wildman–Crippen MR) is 136 cm³/mol. The largest absolute Gasteiger partial charge is 0.271 e. The first-order valence-corrected chi connectivity index (χ1v) is 13.9. The second kappa shape index (κ2) is 12.0. The van der Waals surface area contributed by atoms with E-state index in [4.69, 9.17) is 4.84 Å². The van der Waals surface area contributed by atoms with Crippen LogP contribution in [-0.4, -0.2) is 48.8 Å². The Morgan fingerprint density at radius 3 is 2.12 bits per heavy atom. The summed E-state index contributed by atoms with van der Waals surface area (Å²) in [6.45, 7) is 9.57. The summed E-state index contributed by atoms with van der Waals surface area (Å²) >= 11 is 1.57. The Labute approximate surface area is 203 Å². The summed E-state index contributed by atoms with van der Waals surface area (Å²) in [5, 5.41) is 0. The molecule has 0 unspecified atom stereocenters. The Balaban J connectivity index is 2.40. The fourth-order valence-corrected chi connectivity index (χ4v) is 5.49. The van der Waals surface area contributed by atoms with Crippen molar-refractivity contribution in [2.24, 2.45) is 5.92 Å². The van der Waals surface area contributed by atoms with Crippen molar-refractivity contribution < 1.29 is 18.0 Å². The Hall–Kier alpha value is -1.87. The Kier molecular flexibility index (Phi) is 9.97. The molecule has 0 fully saturated rings. The van der Waals surface area contributed by atoms with Crippen molar-refractivity contribution in [3.8, 4) is 11.1 Å². The first-order valence-electron chi connectivity index (χ1n) is 11.1. The van der Waals surface area contributed by atoms with Gasteiger partial charge in [-0.2, -0.15) is 16.1 Å². The van der Waals surface area contributed by atoms with Gasteiger partial charge < -0.3 is 0 Å². The molecule has 0 aliphatic carbocycles. The van der Waals surface area contributed by atoms with E-state index in [1.807, 2.05) is 71.2 Å². The quantitative estimate of drug-likeness (QED) is 0.448. The zero-order valence-electron chi connectivity index (χ0n) is 20.4. The highest BCUT2D eigenvalue weighted by Crippen LogP contribution is 2.26. The van der Waals surface area contributed by atoms with E-state index < -0.39 is 27.6 Å². The number of sulfonamides is 1. The molecule has 0 bridgehead atoms. The fraction of sp³-hybridized carbons (Fsp3) is 0.480. The van der Waals surface area contributed by atoms with Gasteiger partial charge in [0.2, 0.25) is 10.0 Å². The molecule has 2 aromatic carbocycles. The molecule has 0 spiro atoms. The summed E-state index contributed by atoms with van der Waals surface area (Å²) in [5.41, 5.74) is 3.84. The van der Waals surface area contributed by atoms with E-state index >= 15 is 0 Å². The first kappa shape index (κ1) is 27.4. The molecule has 0 saturated heterocycles. The van der Waals surface area contributed by atoms with Crippen LogP contribution in [0.1, 0.15) is 41.0 Å². The maximum atomic E-state index is 13.7. The van der Waals surface area contributed by atoms with Crippen molar-refractivity contribution in [2.45, 2.75) is 57.6 Å². The van der Waals surface area contributed by atoms with Gasteiger partial charge in [0, 0.05) is 6.54 Å². The van der Waals surface area contributed by atoms with E-state index in [1.165, 1.54) is 4.31 Å². The van der Waals surface area contributed by atoms with Crippen LogP contribution in [0.25, 0.3) is 11.1 Å². The van der Waals surface area contributed by atoms with Crippen LogP contribution < -0.4 is 5.48 Å². The summed E-state index contributed by atoms with van der Waals surface area (Å²) in [5.74, 6) is 0.227. The van der Waals surface area contributed by atoms with Gasteiger partial charge in [-0.05, 0) is 68.4 Å². The second-order valence-electron chi connectivity index (χ2n) is 9.34. The van der Waals surface area contributed by atoms with Gasteiger partial charge in [-0.15, -0.1) is 0 Å². The standard InChI is InChI=1S/C25H36N2O4S2/c1-19(2)18-27(23(16-17-32-6)24(28)26-31-25(3,4)5)33(29,30)22-14-12-21(13-15-22)20-10-8-7-9-11-20/h7-15,19,23H,16-18H2,1-6H3,(H,26,28)/t23-/m0/s1. The molecule has 1 atom stereocenters. The van der Waals surface area contributed by atoms with Gasteiger partial charge in [-0.3, -0.25) is 9.63 Å². The molecular weight excluding hydrogens is 456 g/mol. The number of thioether (sulfide) groups is 1. The number of carbonyl (C=O) groups excluding carboxylic acids is 1. The van der Waals surface area contributed by atoms with Gasteiger partial charge in [0.1, 0.15) is 6.04 Å². The van der Waals surface area contributed by atoms with Gasteiger partial charge in [0.05, 0.1) is 10.5 Å². The number of nitrogens with zero attached hydrogens (tertiary/aromatic N) is 1. The number of hydroxylamine groups is 1. The highest BCUT2D eigenvalue weighted by Gasteiger charge is 2.36. The molecule has 0 aromatic heterocycles. The smallest absolute Gasteiger partial charge is 0.262 e. The highest BCUT2D eigenvalue weighted by molar-refractivity contribution is 7.98. The second-order valence-corrected chi connectivity index (χ2v) is 12.2. The monoisotopic (exact) mass is 492 g/mol. The highest BCUT2D eigenvalue weighted by atomic mass is 32.2. The molecule has 0 aliphatic rings. The zero-order valence-corrected chi connectivity index (χ0v) is 22.0. The molecule has 8 heteroatoms. The normalized spacial score (nSPS) is 13.3. The number of hydrogen-bond acceptors (Lipinski definition) is 5. The summed E-state index contributed by atoms with van der Waals surface area (Å²) in [4.78, 5) is 18.7. The molecule has 182 valence electrons. The number of benzene rings is 2. The zero-order chi connectivity index (χ0) is 24.6. The van der Waals surface area contributed by atoms with E-state index in [9.17, 15) is 13.2 Å². The molecule has 0 aliphatic heterocycles.